The fraction of sp³-hybridized carbons (Fsp3) is 0.455. The molecule has 0 aliphatic rings. The first-order valence-electron chi connectivity index (χ1n) is 5.82. The van der Waals surface area contributed by atoms with Gasteiger partial charge in [-0.3, -0.25) is 5.10 Å². The highest BCUT2D eigenvalue weighted by Gasteiger charge is 2.21. The first-order chi connectivity index (χ1) is 8.90. The quantitative estimate of drug-likeness (QED) is 0.871. The summed E-state index contributed by atoms with van der Waals surface area (Å²) in [6, 6.07) is 0. The second-order valence-electron chi connectivity index (χ2n) is 4.26. The van der Waals surface area contributed by atoms with E-state index in [-0.39, 0.29) is 4.90 Å². The average molecular weight is 300 g/mol. The smallest absolute Gasteiger partial charge is 0.244 e. The van der Waals surface area contributed by atoms with Crippen LogP contribution in [0.5, 0.6) is 0 Å². The lowest BCUT2D eigenvalue weighted by atomic mass is 10.4. The van der Waals surface area contributed by atoms with E-state index in [0.717, 1.165) is 9.88 Å². The van der Waals surface area contributed by atoms with E-state index in [9.17, 15) is 8.42 Å². The summed E-state index contributed by atoms with van der Waals surface area (Å²) in [6.07, 6.45) is 2.42. The molecule has 2 rings (SSSR count). The van der Waals surface area contributed by atoms with E-state index >= 15 is 0 Å². The molecule has 104 valence electrons. The maximum absolute atomic E-state index is 12.1. The van der Waals surface area contributed by atoms with Crippen LogP contribution in [0.25, 0.3) is 0 Å². The Hall–Kier alpha value is -1.25. The van der Waals surface area contributed by atoms with E-state index in [1.54, 1.807) is 31.4 Å². The van der Waals surface area contributed by atoms with Gasteiger partial charge in [0.1, 0.15) is 4.90 Å². The Balaban J connectivity index is 2.03. The molecule has 0 radical (unpaired) electrons. The number of aromatic amines is 1. The van der Waals surface area contributed by atoms with Crippen LogP contribution in [0.15, 0.2) is 11.1 Å². The fourth-order valence-electron chi connectivity index (χ4n) is 1.84. The zero-order chi connectivity index (χ0) is 14.0. The summed E-state index contributed by atoms with van der Waals surface area (Å²) in [7, 11) is -3.50. The first kappa shape index (κ1) is 14.2. The third-order valence-electron chi connectivity index (χ3n) is 2.66. The minimum Gasteiger partial charge on any atom is -0.281 e. The Labute approximate surface area is 116 Å². The lowest BCUT2D eigenvalue weighted by molar-refractivity contribution is 0.580. The predicted octanol–water partition coefficient (Wildman–Crippen LogP) is 1.31. The number of hydrogen-bond donors (Lipinski definition) is 2. The van der Waals surface area contributed by atoms with Crippen molar-refractivity contribution in [2.75, 3.05) is 6.54 Å². The van der Waals surface area contributed by atoms with Gasteiger partial charge in [0.2, 0.25) is 10.0 Å². The van der Waals surface area contributed by atoms with E-state index < -0.39 is 10.0 Å². The molecule has 0 saturated carbocycles. The monoisotopic (exact) mass is 300 g/mol. The van der Waals surface area contributed by atoms with Crippen LogP contribution >= 0.6 is 11.3 Å². The molecule has 19 heavy (non-hydrogen) atoms. The first-order valence-corrected chi connectivity index (χ1v) is 8.12. The van der Waals surface area contributed by atoms with Crippen LogP contribution < -0.4 is 4.72 Å². The minimum atomic E-state index is -3.50. The van der Waals surface area contributed by atoms with Crippen molar-refractivity contribution in [2.24, 2.45) is 0 Å². The molecule has 0 aliphatic heterocycles. The Morgan fingerprint density at radius 2 is 2.11 bits per heavy atom. The van der Waals surface area contributed by atoms with E-state index in [1.165, 1.54) is 0 Å². The van der Waals surface area contributed by atoms with E-state index in [1.807, 2.05) is 6.92 Å². The molecule has 2 N–H and O–H groups in total. The van der Waals surface area contributed by atoms with Crippen molar-refractivity contribution >= 4 is 21.4 Å². The lowest BCUT2D eigenvalue weighted by Gasteiger charge is -2.05. The highest BCUT2D eigenvalue weighted by molar-refractivity contribution is 7.89. The van der Waals surface area contributed by atoms with Crippen molar-refractivity contribution in [3.63, 3.8) is 0 Å². The normalized spacial score (nSPS) is 11.9. The third kappa shape index (κ3) is 3.20. The molecule has 0 aromatic carbocycles. The van der Waals surface area contributed by atoms with Gasteiger partial charge >= 0.3 is 0 Å². The summed E-state index contributed by atoms with van der Waals surface area (Å²) in [4.78, 5) is 5.45. The number of sulfonamides is 1. The molecule has 0 unspecified atom stereocenters. The van der Waals surface area contributed by atoms with E-state index in [0.29, 0.717) is 24.4 Å². The van der Waals surface area contributed by atoms with E-state index in [4.69, 9.17) is 0 Å². The number of nitrogens with one attached hydrogen (secondary N) is 2. The van der Waals surface area contributed by atoms with Gasteiger partial charge < -0.3 is 0 Å². The summed E-state index contributed by atoms with van der Waals surface area (Å²) < 4.78 is 26.9. The molecule has 0 atom stereocenters. The Morgan fingerprint density at radius 3 is 2.63 bits per heavy atom. The standard InChI is InChI=1S/C11H16N4O2S2/c1-7-11(8(2)15-14-7)19(16,17)13-5-4-10-6-12-9(3)18-10/h6,13H,4-5H2,1-3H3,(H,14,15). The van der Waals surface area contributed by atoms with Gasteiger partial charge in [0, 0.05) is 17.6 Å². The highest BCUT2D eigenvalue weighted by atomic mass is 32.2. The molecule has 6 nitrogen and oxygen atoms in total. The van der Waals surface area contributed by atoms with Gasteiger partial charge in [-0.2, -0.15) is 5.10 Å². The zero-order valence-electron chi connectivity index (χ0n) is 11.0. The van der Waals surface area contributed by atoms with Crippen molar-refractivity contribution in [1.29, 1.82) is 0 Å². The molecule has 2 aromatic heterocycles. The van der Waals surface area contributed by atoms with Crippen molar-refractivity contribution in [3.8, 4) is 0 Å². The van der Waals surface area contributed by atoms with Crippen LogP contribution in [-0.2, 0) is 16.4 Å². The van der Waals surface area contributed by atoms with Gasteiger partial charge in [-0.05, 0) is 27.2 Å². The van der Waals surface area contributed by atoms with Crippen molar-refractivity contribution in [1.82, 2.24) is 19.9 Å². The minimum absolute atomic E-state index is 0.244. The van der Waals surface area contributed by atoms with E-state index in [2.05, 4.69) is 19.9 Å². The van der Waals surface area contributed by atoms with Crippen LogP contribution in [0.4, 0.5) is 0 Å². The number of aromatic nitrogens is 3. The topological polar surface area (TPSA) is 87.7 Å². The SMILES string of the molecule is Cc1ncc(CCNS(=O)(=O)c2c(C)n[nH]c2C)s1. The van der Waals surface area contributed by atoms with Gasteiger partial charge in [0.05, 0.1) is 16.4 Å². The average Bonchev–Trinajstić information content (AvgIpc) is 2.86. The molecule has 2 heterocycles. The molecule has 2 aromatic rings. The molecular weight excluding hydrogens is 284 g/mol. The number of hydrogen-bond acceptors (Lipinski definition) is 5. The molecular formula is C11H16N4O2S2. The summed E-state index contributed by atoms with van der Waals surface area (Å²) in [5.41, 5.74) is 1.04. The highest BCUT2D eigenvalue weighted by Crippen LogP contribution is 2.16. The second kappa shape index (κ2) is 5.40. The summed E-state index contributed by atoms with van der Waals surface area (Å²) in [5.74, 6) is 0. The van der Waals surface area contributed by atoms with Crippen LogP contribution in [0, 0.1) is 20.8 Å². The van der Waals surface area contributed by atoms with Crippen molar-refractivity contribution in [3.05, 3.63) is 27.5 Å². The maximum atomic E-state index is 12.1. The van der Waals surface area contributed by atoms with Crippen LogP contribution in [0.1, 0.15) is 21.3 Å². The van der Waals surface area contributed by atoms with Crippen LogP contribution in [0.2, 0.25) is 0 Å². The van der Waals surface area contributed by atoms with Gasteiger partial charge in [-0.25, -0.2) is 18.1 Å². The Bertz CT molecular complexity index is 653. The van der Waals surface area contributed by atoms with Crippen molar-refractivity contribution < 1.29 is 8.42 Å². The van der Waals surface area contributed by atoms with Crippen molar-refractivity contribution in [2.45, 2.75) is 32.1 Å². The summed E-state index contributed by atoms with van der Waals surface area (Å²) >= 11 is 1.58. The summed E-state index contributed by atoms with van der Waals surface area (Å²) in [6.45, 7) is 5.65. The largest absolute Gasteiger partial charge is 0.281 e. The van der Waals surface area contributed by atoms with Gasteiger partial charge in [-0.15, -0.1) is 11.3 Å². The zero-order valence-corrected chi connectivity index (χ0v) is 12.7. The number of H-pyrrole nitrogens is 1. The predicted molar refractivity (Wildman–Crippen MR) is 73.8 cm³/mol. The Morgan fingerprint density at radius 1 is 1.37 bits per heavy atom. The molecule has 0 aliphatic carbocycles. The van der Waals surface area contributed by atoms with Gasteiger partial charge in [0.15, 0.2) is 0 Å². The van der Waals surface area contributed by atoms with Crippen LogP contribution in [-0.4, -0.2) is 30.1 Å². The lowest BCUT2D eigenvalue weighted by Crippen LogP contribution is -2.26. The van der Waals surface area contributed by atoms with Gasteiger partial charge in [-0.1, -0.05) is 0 Å². The molecule has 0 fully saturated rings. The molecule has 0 amide bonds. The van der Waals surface area contributed by atoms with Crippen LogP contribution in [0.3, 0.4) is 0 Å². The second-order valence-corrected chi connectivity index (χ2v) is 7.28. The molecule has 8 heteroatoms. The summed E-state index contributed by atoms with van der Waals surface area (Å²) in [5, 5.41) is 7.56. The molecule has 0 spiro atoms. The number of rotatable bonds is 5. The number of nitrogens with zero attached hydrogens (tertiary/aromatic N) is 2. The number of aryl methyl sites for hydroxylation is 3. The molecule has 0 saturated heterocycles. The maximum Gasteiger partial charge on any atom is 0.244 e. The van der Waals surface area contributed by atoms with Gasteiger partial charge in [0.25, 0.3) is 0 Å². The number of thiazole rings is 1. The molecule has 0 bridgehead atoms. The third-order valence-corrected chi connectivity index (χ3v) is 5.36. The fourth-order valence-corrected chi connectivity index (χ4v) is 4.03. The Kier molecular flexibility index (Phi) is 4.02.